The van der Waals surface area contributed by atoms with Crippen molar-refractivity contribution in [2.45, 2.75) is 181 Å². The van der Waals surface area contributed by atoms with Crippen molar-refractivity contribution in [1.82, 2.24) is 4.90 Å². The topological polar surface area (TPSA) is 51.2 Å². The monoisotopic (exact) mass is 786 g/mol. The number of hydrogen-bond donors (Lipinski definition) is 1. The van der Waals surface area contributed by atoms with Crippen molar-refractivity contribution < 1.29 is 19.3 Å². The first-order valence-corrected chi connectivity index (χ1v) is 22.9. The SMILES string of the molecule is C=C1CC[C@H](C)/C=C/C=C/C=C/[C@@H](O)C[C@@H]2CCC[C@H](CC(=C)N3CCCC[C@H]3C(=C)O[C@H]([C@H](C)C[C@@H]3CC[C@@H](C)[C@H](OC)C3)CC(=C)[C@H](C)/C=C(\C)[C@@H](C)C1)O2. The molecule has 0 unspecified atom stereocenters. The van der Waals surface area contributed by atoms with Crippen LogP contribution in [0.4, 0.5) is 0 Å². The summed E-state index contributed by atoms with van der Waals surface area (Å²) in [5.41, 5.74) is 5.07. The van der Waals surface area contributed by atoms with E-state index in [0.29, 0.717) is 42.1 Å². The summed E-state index contributed by atoms with van der Waals surface area (Å²) in [6.45, 7) is 33.4. The van der Waals surface area contributed by atoms with Gasteiger partial charge in [-0.05, 0) is 126 Å². The molecule has 2 saturated heterocycles. The number of aliphatic hydroxyl groups is 1. The molecule has 3 heterocycles. The molecule has 5 heteroatoms. The van der Waals surface area contributed by atoms with E-state index in [4.69, 9.17) is 20.8 Å². The van der Waals surface area contributed by atoms with E-state index in [-0.39, 0.29) is 30.3 Å². The Morgan fingerprint density at radius 3 is 2.33 bits per heavy atom. The van der Waals surface area contributed by atoms with Gasteiger partial charge in [0.05, 0.1) is 30.5 Å². The lowest BCUT2D eigenvalue weighted by Gasteiger charge is -2.42. The third kappa shape index (κ3) is 15.5. The third-order valence-electron chi connectivity index (χ3n) is 13.9. The van der Waals surface area contributed by atoms with Crippen LogP contribution in [-0.2, 0) is 14.2 Å². The van der Waals surface area contributed by atoms with E-state index in [1.165, 1.54) is 29.6 Å². The minimum Gasteiger partial charge on any atom is -0.493 e. The first-order chi connectivity index (χ1) is 27.2. The second-order valence-electron chi connectivity index (χ2n) is 18.9. The standard InChI is InChI=1S/C52H83NO4/c1-36-19-14-12-13-15-20-47(54)35-49-22-18-21-48(57-49)33-44(9)53-28-17-16-23-50(53)45(10)56-52(43(8)31-46-27-26-38(3)51(34-46)55-11)32-42(7)41(6)30-40(5)39(4)29-37(2)25-24-36/h12-15,19-20,30,36,38-39,41,43,46-52,54H,2,7,9-10,16-18,21-29,31-35H2,1,3-6,8,11H3/b13-12+,19-14+,20-15+,40-30+/t36-,38-,39+,41-,43-,46+,47-,48-,49+,50+,51-,52+/m1/s1. The van der Waals surface area contributed by atoms with E-state index in [1.54, 1.807) is 0 Å². The lowest BCUT2D eigenvalue weighted by molar-refractivity contribution is -0.0664. The van der Waals surface area contributed by atoms with Gasteiger partial charge in [0.1, 0.15) is 11.9 Å². The fourth-order valence-corrected chi connectivity index (χ4v) is 9.81. The van der Waals surface area contributed by atoms with Crippen LogP contribution in [0.2, 0.25) is 0 Å². The van der Waals surface area contributed by atoms with Crippen molar-refractivity contribution in [2.24, 2.45) is 35.5 Å². The second-order valence-corrected chi connectivity index (χ2v) is 18.9. The lowest BCUT2D eigenvalue weighted by Crippen LogP contribution is -2.42. The van der Waals surface area contributed by atoms with Gasteiger partial charge in [0.2, 0.25) is 0 Å². The maximum Gasteiger partial charge on any atom is 0.112 e. The number of methoxy groups -OCH3 is 1. The van der Waals surface area contributed by atoms with Gasteiger partial charge in [-0.1, -0.05) is 120 Å². The zero-order valence-electron chi connectivity index (χ0n) is 37.4. The summed E-state index contributed by atoms with van der Waals surface area (Å²) in [5, 5.41) is 10.9. The van der Waals surface area contributed by atoms with Gasteiger partial charge in [-0.2, -0.15) is 0 Å². The molecule has 4 rings (SSSR count). The maximum atomic E-state index is 10.9. The van der Waals surface area contributed by atoms with Gasteiger partial charge in [0, 0.05) is 38.6 Å². The van der Waals surface area contributed by atoms with Crippen molar-refractivity contribution in [3.63, 3.8) is 0 Å². The predicted octanol–water partition coefficient (Wildman–Crippen LogP) is 13.0. The van der Waals surface area contributed by atoms with Gasteiger partial charge < -0.3 is 24.2 Å². The molecule has 0 amide bonds. The van der Waals surface area contributed by atoms with E-state index in [1.807, 2.05) is 25.3 Å². The summed E-state index contributed by atoms with van der Waals surface area (Å²) in [6.07, 6.45) is 31.2. The van der Waals surface area contributed by atoms with Gasteiger partial charge in [0.25, 0.3) is 0 Å². The van der Waals surface area contributed by atoms with E-state index in [9.17, 15) is 5.11 Å². The van der Waals surface area contributed by atoms with Crippen LogP contribution in [0.25, 0.3) is 0 Å². The molecule has 2 bridgehead atoms. The van der Waals surface area contributed by atoms with Gasteiger partial charge in [-0.25, -0.2) is 0 Å². The van der Waals surface area contributed by atoms with Crippen molar-refractivity contribution in [3.05, 3.63) is 97.0 Å². The average molecular weight is 786 g/mol. The van der Waals surface area contributed by atoms with Gasteiger partial charge >= 0.3 is 0 Å². The number of hydrogen-bond acceptors (Lipinski definition) is 5. The summed E-state index contributed by atoms with van der Waals surface area (Å²) >= 11 is 0. The number of fused-ring (bicyclic) bond motifs is 3. The Hall–Kier alpha value is -2.60. The van der Waals surface area contributed by atoms with Crippen LogP contribution in [0, 0.1) is 35.5 Å². The Morgan fingerprint density at radius 2 is 1.58 bits per heavy atom. The maximum absolute atomic E-state index is 10.9. The molecule has 5 nitrogen and oxygen atoms in total. The van der Waals surface area contributed by atoms with Crippen LogP contribution in [0.1, 0.15) is 144 Å². The zero-order valence-corrected chi connectivity index (χ0v) is 37.4. The number of allylic oxidation sites excluding steroid dienone is 8. The molecule has 3 aliphatic heterocycles. The molecule has 0 aromatic heterocycles. The zero-order chi connectivity index (χ0) is 41.5. The van der Waals surface area contributed by atoms with Crippen LogP contribution in [0.15, 0.2) is 97.0 Å². The Kier molecular flexibility index (Phi) is 19.7. The highest BCUT2D eigenvalue weighted by molar-refractivity contribution is 5.18. The molecular formula is C52H83NO4. The van der Waals surface area contributed by atoms with E-state index < -0.39 is 6.10 Å². The lowest BCUT2D eigenvalue weighted by atomic mass is 9.75. The molecular weight excluding hydrogens is 703 g/mol. The highest BCUT2D eigenvalue weighted by Crippen LogP contribution is 2.38. The number of piperidine rings is 1. The highest BCUT2D eigenvalue weighted by Gasteiger charge is 2.35. The highest BCUT2D eigenvalue weighted by atomic mass is 16.5. The quantitative estimate of drug-likeness (QED) is 0.288. The predicted molar refractivity (Wildman–Crippen MR) is 242 cm³/mol. The van der Waals surface area contributed by atoms with Crippen LogP contribution >= 0.6 is 0 Å². The molecule has 4 aliphatic rings. The van der Waals surface area contributed by atoms with E-state index in [0.717, 1.165) is 101 Å². The van der Waals surface area contributed by atoms with Gasteiger partial charge in [-0.15, -0.1) is 0 Å². The largest absolute Gasteiger partial charge is 0.493 e. The molecule has 0 spiro atoms. The fraction of sp³-hybridized carbons (Fsp3) is 0.692. The molecule has 0 aromatic carbocycles. The molecule has 320 valence electrons. The summed E-state index contributed by atoms with van der Waals surface area (Å²) in [4.78, 5) is 2.47. The number of ether oxygens (including phenoxy) is 3. The molecule has 57 heavy (non-hydrogen) atoms. The minimum absolute atomic E-state index is 0.000869. The molecule has 1 N–H and O–H groups in total. The summed E-state index contributed by atoms with van der Waals surface area (Å²) < 4.78 is 19.7. The molecule has 0 radical (unpaired) electrons. The smallest absolute Gasteiger partial charge is 0.112 e. The third-order valence-corrected chi connectivity index (χ3v) is 13.9. The summed E-state index contributed by atoms with van der Waals surface area (Å²) in [6, 6.07) is 0.101. The van der Waals surface area contributed by atoms with E-state index in [2.05, 4.69) is 90.5 Å². The van der Waals surface area contributed by atoms with Gasteiger partial charge in [-0.3, -0.25) is 0 Å². The van der Waals surface area contributed by atoms with Crippen LogP contribution < -0.4 is 0 Å². The molecule has 1 saturated carbocycles. The van der Waals surface area contributed by atoms with Gasteiger partial charge in [0.15, 0.2) is 0 Å². The Bertz CT molecular complexity index is 1420. The summed E-state index contributed by atoms with van der Waals surface area (Å²) in [7, 11) is 1.88. The van der Waals surface area contributed by atoms with Crippen LogP contribution in [0.3, 0.4) is 0 Å². The minimum atomic E-state index is -0.531. The van der Waals surface area contributed by atoms with Crippen molar-refractivity contribution in [2.75, 3.05) is 13.7 Å². The van der Waals surface area contributed by atoms with Crippen LogP contribution in [0.5, 0.6) is 0 Å². The average Bonchev–Trinajstić information content (AvgIpc) is 3.18. The van der Waals surface area contributed by atoms with Crippen molar-refractivity contribution in [1.29, 1.82) is 0 Å². The first kappa shape index (κ1) is 47.1. The van der Waals surface area contributed by atoms with Crippen molar-refractivity contribution >= 4 is 0 Å². The molecule has 3 fully saturated rings. The normalized spacial score (nSPS) is 38.6. The first-order valence-electron chi connectivity index (χ1n) is 22.9. The molecule has 12 atom stereocenters. The Morgan fingerprint density at radius 1 is 0.842 bits per heavy atom. The number of aliphatic hydroxyl groups excluding tert-OH is 1. The Balaban J connectivity index is 1.55. The van der Waals surface area contributed by atoms with Crippen LogP contribution in [-0.4, -0.2) is 60.2 Å². The molecule has 1 aliphatic carbocycles. The van der Waals surface area contributed by atoms with Crippen molar-refractivity contribution in [3.8, 4) is 0 Å². The number of rotatable bonds is 4. The Labute approximate surface area is 350 Å². The second kappa shape index (κ2) is 23.9. The van der Waals surface area contributed by atoms with E-state index >= 15 is 0 Å². The molecule has 0 aromatic rings. The fourth-order valence-electron chi connectivity index (χ4n) is 9.81. The number of nitrogens with zero attached hydrogens (tertiary/aromatic N) is 1. The summed E-state index contributed by atoms with van der Waals surface area (Å²) in [5.74, 6) is 3.62.